The van der Waals surface area contributed by atoms with Crippen molar-refractivity contribution in [1.82, 2.24) is 4.90 Å². The van der Waals surface area contributed by atoms with Gasteiger partial charge in [-0.15, -0.1) is 0 Å². The third-order valence-corrected chi connectivity index (χ3v) is 3.29. The standard InChI is InChI=1S/C12H23NO3/c1-6-12(5)9(14)7-8-13(12)10(15)16-11(2,3)4/h9,14H,6-8H2,1-5H3. The van der Waals surface area contributed by atoms with Crippen molar-refractivity contribution in [2.24, 2.45) is 0 Å². The van der Waals surface area contributed by atoms with E-state index >= 15 is 0 Å². The van der Waals surface area contributed by atoms with E-state index < -0.39 is 17.2 Å². The van der Waals surface area contributed by atoms with Crippen LogP contribution in [0, 0.1) is 0 Å². The largest absolute Gasteiger partial charge is 0.444 e. The predicted molar refractivity (Wildman–Crippen MR) is 62.3 cm³/mol. The fourth-order valence-electron chi connectivity index (χ4n) is 2.04. The molecule has 4 heteroatoms. The summed E-state index contributed by atoms with van der Waals surface area (Å²) in [4.78, 5) is 13.6. The average molecular weight is 229 g/mol. The van der Waals surface area contributed by atoms with E-state index in [4.69, 9.17) is 4.74 Å². The van der Waals surface area contributed by atoms with Gasteiger partial charge >= 0.3 is 6.09 Å². The van der Waals surface area contributed by atoms with Crippen molar-refractivity contribution in [3.63, 3.8) is 0 Å². The molecule has 1 rings (SSSR count). The summed E-state index contributed by atoms with van der Waals surface area (Å²) >= 11 is 0. The molecule has 0 aliphatic carbocycles. The van der Waals surface area contributed by atoms with Crippen molar-refractivity contribution in [3.05, 3.63) is 0 Å². The Morgan fingerprint density at radius 1 is 1.56 bits per heavy atom. The normalized spacial score (nSPS) is 30.6. The maximum absolute atomic E-state index is 12.0. The fraction of sp³-hybridized carbons (Fsp3) is 0.917. The first-order valence-electron chi connectivity index (χ1n) is 5.89. The molecule has 0 bridgehead atoms. The van der Waals surface area contributed by atoms with Gasteiger partial charge in [0.05, 0.1) is 11.6 Å². The number of hydrogen-bond donors (Lipinski definition) is 1. The molecule has 2 atom stereocenters. The minimum atomic E-state index is -0.487. The van der Waals surface area contributed by atoms with Gasteiger partial charge in [-0.1, -0.05) is 6.92 Å². The molecule has 1 fully saturated rings. The molecule has 0 aromatic carbocycles. The van der Waals surface area contributed by atoms with E-state index in [9.17, 15) is 9.90 Å². The van der Waals surface area contributed by atoms with Crippen LogP contribution in [0.5, 0.6) is 0 Å². The third-order valence-electron chi connectivity index (χ3n) is 3.29. The van der Waals surface area contributed by atoms with Gasteiger partial charge in [0, 0.05) is 6.54 Å². The van der Waals surface area contributed by atoms with Crippen LogP contribution < -0.4 is 0 Å². The second-order valence-electron chi connectivity index (χ2n) is 5.65. The molecule has 4 nitrogen and oxygen atoms in total. The number of aliphatic hydroxyl groups excluding tert-OH is 1. The van der Waals surface area contributed by atoms with E-state index in [1.54, 1.807) is 4.90 Å². The van der Waals surface area contributed by atoms with Crippen LogP contribution in [0.1, 0.15) is 47.5 Å². The minimum Gasteiger partial charge on any atom is -0.444 e. The molecule has 1 heterocycles. The Kier molecular flexibility index (Phi) is 3.53. The van der Waals surface area contributed by atoms with Crippen LogP contribution in [0.3, 0.4) is 0 Å². The van der Waals surface area contributed by atoms with Gasteiger partial charge in [-0.05, 0) is 40.5 Å². The fourth-order valence-corrected chi connectivity index (χ4v) is 2.04. The molecule has 16 heavy (non-hydrogen) atoms. The summed E-state index contributed by atoms with van der Waals surface area (Å²) < 4.78 is 5.34. The Hall–Kier alpha value is -0.770. The zero-order valence-corrected chi connectivity index (χ0v) is 10.9. The van der Waals surface area contributed by atoms with E-state index in [0.717, 1.165) is 6.42 Å². The van der Waals surface area contributed by atoms with Gasteiger partial charge in [-0.2, -0.15) is 0 Å². The molecular weight excluding hydrogens is 206 g/mol. The number of carbonyl (C=O) groups excluding carboxylic acids is 1. The predicted octanol–water partition coefficient (Wildman–Crippen LogP) is 2.16. The number of carbonyl (C=O) groups is 1. The van der Waals surface area contributed by atoms with Gasteiger partial charge in [0.15, 0.2) is 0 Å². The maximum Gasteiger partial charge on any atom is 0.410 e. The summed E-state index contributed by atoms with van der Waals surface area (Å²) in [5.41, 5.74) is -0.971. The Bertz CT molecular complexity index is 272. The van der Waals surface area contributed by atoms with Crippen LogP contribution in [-0.4, -0.2) is 39.9 Å². The summed E-state index contributed by atoms with van der Waals surface area (Å²) in [5.74, 6) is 0. The molecule has 0 saturated carbocycles. The Morgan fingerprint density at radius 2 is 2.12 bits per heavy atom. The van der Waals surface area contributed by atoms with E-state index in [0.29, 0.717) is 13.0 Å². The molecule has 1 aliphatic rings. The smallest absolute Gasteiger partial charge is 0.410 e. The summed E-state index contributed by atoms with van der Waals surface area (Å²) in [6.45, 7) is 10.0. The molecule has 1 amide bonds. The number of nitrogens with zero attached hydrogens (tertiary/aromatic N) is 1. The highest BCUT2D eigenvalue weighted by Gasteiger charge is 2.46. The number of ether oxygens (including phenoxy) is 1. The zero-order chi connectivity index (χ0) is 12.6. The van der Waals surface area contributed by atoms with Crippen LogP contribution in [0.2, 0.25) is 0 Å². The summed E-state index contributed by atoms with van der Waals surface area (Å²) in [7, 11) is 0. The molecule has 0 radical (unpaired) electrons. The highest BCUT2D eigenvalue weighted by molar-refractivity contribution is 5.69. The first-order valence-corrected chi connectivity index (χ1v) is 5.89. The van der Waals surface area contributed by atoms with Gasteiger partial charge in [-0.25, -0.2) is 4.79 Å². The zero-order valence-electron chi connectivity index (χ0n) is 10.9. The second kappa shape index (κ2) is 4.24. The van der Waals surface area contributed by atoms with Gasteiger partial charge in [-0.3, -0.25) is 0 Å². The number of hydrogen-bond acceptors (Lipinski definition) is 3. The summed E-state index contributed by atoms with van der Waals surface area (Å²) in [6, 6.07) is 0. The molecule has 0 spiro atoms. The third kappa shape index (κ3) is 2.48. The molecule has 1 aliphatic heterocycles. The van der Waals surface area contributed by atoms with Crippen LogP contribution in [-0.2, 0) is 4.74 Å². The van der Waals surface area contributed by atoms with Gasteiger partial charge < -0.3 is 14.7 Å². The Balaban J connectivity index is 2.77. The monoisotopic (exact) mass is 229 g/mol. The molecular formula is C12H23NO3. The molecule has 1 saturated heterocycles. The lowest BCUT2D eigenvalue weighted by Crippen LogP contribution is -2.51. The highest BCUT2D eigenvalue weighted by Crippen LogP contribution is 2.33. The number of aliphatic hydroxyl groups is 1. The van der Waals surface area contributed by atoms with Crippen LogP contribution in [0.4, 0.5) is 4.79 Å². The van der Waals surface area contributed by atoms with Crippen LogP contribution in [0.15, 0.2) is 0 Å². The van der Waals surface area contributed by atoms with Crippen molar-refractivity contribution in [2.75, 3.05) is 6.54 Å². The Morgan fingerprint density at radius 3 is 2.56 bits per heavy atom. The average Bonchev–Trinajstić information content (AvgIpc) is 2.42. The van der Waals surface area contributed by atoms with Crippen molar-refractivity contribution in [3.8, 4) is 0 Å². The second-order valence-corrected chi connectivity index (χ2v) is 5.65. The topological polar surface area (TPSA) is 49.8 Å². The molecule has 0 aromatic rings. The maximum atomic E-state index is 12.0. The molecule has 2 unspecified atom stereocenters. The quantitative estimate of drug-likeness (QED) is 0.749. The van der Waals surface area contributed by atoms with E-state index in [2.05, 4.69) is 0 Å². The number of amides is 1. The van der Waals surface area contributed by atoms with E-state index in [1.807, 2.05) is 34.6 Å². The lowest BCUT2D eigenvalue weighted by molar-refractivity contribution is -0.00944. The first-order chi connectivity index (χ1) is 7.20. The summed E-state index contributed by atoms with van der Waals surface area (Å²) in [5, 5.41) is 9.92. The van der Waals surface area contributed by atoms with Crippen molar-refractivity contribution in [2.45, 2.75) is 64.7 Å². The lowest BCUT2D eigenvalue weighted by atomic mass is 9.93. The van der Waals surface area contributed by atoms with Crippen molar-refractivity contribution < 1.29 is 14.6 Å². The van der Waals surface area contributed by atoms with E-state index in [1.165, 1.54) is 0 Å². The lowest BCUT2D eigenvalue weighted by Gasteiger charge is -2.37. The SMILES string of the molecule is CCC1(C)C(O)CCN1C(=O)OC(C)(C)C. The Labute approximate surface area is 97.6 Å². The minimum absolute atomic E-state index is 0.326. The number of rotatable bonds is 1. The van der Waals surface area contributed by atoms with Gasteiger partial charge in [0.25, 0.3) is 0 Å². The van der Waals surface area contributed by atoms with Crippen molar-refractivity contribution >= 4 is 6.09 Å². The van der Waals surface area contributed by atoms with Crippen molar-refractivity contribution in [1.29, 1.82) is 0 Å². The molecule has 1 N–H and O–H groups in total. The highest BCUT2D eigenvalue weighted by atomic mass is 16.6. The van der Waals surface area contributed by atoms with Gasteiger partial charge in [0.1, 0.15) is 5.60 Å². The van der Waals surface area contributed by atoms with E-state index in [-0.39, 0.29) is 6.09 Å². The van der Waals surface area contributed by atoms with Gasteiger partial charge in [0.2, 0.25) is 0 Å². The van der Waals surface area contributed by atoms with Crippen LogP contribution in [0.25, 0.3) is 0 Å². The van der Waals surface area contributed by atoms with Crippen LogP contribution >= 0.6 is 0 Å². The molecule has 0 aromatic heterocycles. The molecule has 94 valence electrons. The summed E-state index contributed by atoms with van der Waals surface area (Å²) in [6.07, 6.45) is 0.579. The first kappa shape index (κ1) is 13.3. The number of likely N-dealkylation sites (tertiary alicyclic amines) is 1.